The fourth-order valence-electron chi connectivity index (χ4n) is 10.4. The Morgan fingerprint density at radius 2 is 1.98 bits per heavy atom. The van der Waals surface area contributed by atoms with Gasteiger partial charge in [0.2, 0.25) is 0 Å². The van der Waals surface area contributed by atoms with Gasteiger partial charge in [0.05, 0.1) is 41.9 Å². The van der Waals surface area contributed by atoms with Crippen molar-refractivity contribution < 1.29 is 57.1 Å². The smallest absolute Gasteiger partial charge is 0.404 e. The first-order valence-corrected chi connectivity index (χ1v) is 20.5. The monoisotopic (exact) mass is 794 g/mol. The predicted molar refractivity (Wildman–Crippen MR) is 198 cm³/mol. The van der Waals surface area contributed by atoms with Crippen LogP contribution in [0.3, 0.4) is 0 Å². The Hall–Kier alpha value is -3.64. The molecule has 1 aliphatic heterocycles. The van der Waals surface area contributed by atoms with E-state index in [1.807, 2.05) is 33.8 Å². The number of aliphatic hydroxyl groups is 2. The number of aliphatic hydroxyl groups excluding tert-OH is 2. The minimum absolute atomic E-state index is 0.0793. The molecule has 10 atom stereocenters. The summed E-state index contributed by atoms with van der Waals surface area (Å²) in [6.45, 7) is 9.68. The second kappa shape index (κ2) is 14.0. The molecule has 5 aliphatic rings. The van der Waals surface area contributed by atoms with E-state index in [0.717, 1.165) is 0 Å². The number of carbonyl (C=O) groups excluding carboxylic acids is 2. The first-order valence-electron chi connectivity index (χ1n) is 19.0. The van der Waals surface area contributed by atoms with E-state index >= 15 is 4.39 Å². The van der Waals surface area contributed by atoms with Crippen molar-refractivity contribution in [3.63, 3.8) is 0 Å². The third-order valence-electron chi connectivity index (χ3n) is 13.1. The van der Waals surface area contributed by atoms with Crippen molar-refractivity contribution in [3.05, 3.63) is 83.2 Å². The summed E-state index contributed by atoms with van der Waals surface area (Å²) in [5, 5.41) is 35.6. The lowest BCUT2D eigenvalue weighted by molar-refractivity contribution is -0.689. The number of hydrogen-bond acceptors (Lipinski definition) is 10. The zero-order chi connectivity index (χ0) is 40.6. The lowest BCUT2D eigenvalue weighted by Crippen LogP contribution is -2.69. The lowest BCUT2D eigenvalue weighted by Gasteiger charge is -2.62. The van der Waals surface area contributed by atoms with E-state index in [9.17, 15) is 39.4 Å². The number of benzene rings is 1. The van der Waals surface area contributed by atoms with E-state index in [1.54, 1.807) is 54.2 Å². The van der Waals surface area contributed by atoms with Crippen LogP contribution >= 0.6 is 7.82 Å². The number of nitrogens with one attached hydrogen (secondary N) is 1. The third kappa shape index (κ3) is 6.60. The molecule has 300 valence electrons. The molecule has 1 aromatic carbocycles. The maximum absolute atomic E-state index is 17.8. The van der Waals surface area contributed by atoms with E-state index in [0.29, 0.717) is 35.1 Å². The molecule has 0 bridgehead atoms. The first kappa shape index (κ1) is 40.6. The Kier molecular flexibility index (Phi) is 10.2. The van der Waals surface area contributed by atoms with Crippen LogP contribution in [-0.4, -0.2) is 67.1 Å². The molecule has 4 fully saturated rings. The molecule has 1 saturated heterocycles. The number of rotatable bonds is 10. The molecule has 4 aliphatic carbocycles. The van der Waals surface area contributed by atoms with Crippen LogP contribution in [0, 0.1) is 34.0 Å². The van der Waals surface area contributed by atoms with Gasteiger partial charge in [0, 0.05) is 34.9 Å². The van der Waals surface area contributed by atoms with Gasteiger partial charge in [-0.3, -0.25) is 19.4 Å². The molecular formula is C41H50FN3O10P+. The number of carbonyl (C=O) groups is 2. The largest absolute Gasteiger partial charge is 0.524 e. The lowest BCUT2D eigenvalue weighted by atomic mass is 9.44. The van der Waals surface area contributed by atoms with Crippen molar-refractivity contribution in [2.24, 2.45) is 22.7 Å². The average Bonchev–Trinajstić information content (AvgIpc) is 3.61. The number of aromatic nitrogens is 1. The van der Waals surface area contributed by atoms with Crippen LogP contribution < -0.4 is 14.4 Å². The highest BCUT2D eigenvalue weighted by atomic mass is 31.2. The molecule has 13 nitrogen and oxygen atoms in total. The van der Waals surface area contributed by atoms with Crippen LogP contribution in [0.5, 0.6) is 5.75 Å². The molecular weight excluding hydrogens is 744 g/mol. The molecule has 0 amide bonds. The fraction of sp³-hybridized carbons (Fsp3) is 0.561. The van der Waals surface area contributed by atoms with E-state index < -0.39 is 78.6 Å². The Balaban J connectivity index is 1.18. The summed E-state index contributed by atoms with van der Waals surface area (Å²) in [4.78, 5) is 45.9. The second-order valence-electron chi connectivity index (χ2n) is 17.5. The number of allylic oxidation sites excluding steroid dienone is 4. The molecule has 5 N–H and O–H groups in total. The number of Topliss-reactive ketones (excluding diaryl/α,β-unsaturated/α-hetero) is 1. The van der Waals surface area contributed by atoms with Crippen molar-refractivity contribution in [3.8, 4) is 11.8 Å². The highest BCUT2D eigenvalue weighted by Crippen LogP contribution is 2.72. The van der Waals surface area contributed by atoms with Gasteiger partial charge in [-0.25, -0.2) is 13.5 Å². The summed E-state index contributed by atoms with van der Waals surface area (Å²) in [5.74, 6) is -1.96. The minimum Gasteiger partial charge on any atom is -0.404 e. The zero-order valence-corrected chi connectivity index (χ0v) is 33.0. The fourth-order valence-corrected chi connectivity index (χ4v) is 10.9. The quantitative estimate of drug-likeness (QED) is 0.167. The molecule has 1 aromatic heterocycles. The van der Waals surface area contributed by atoms with Crippen LogP contribution in [-0.2, 0) is 30.2 Å². The van der Waals surface area contributed by atoms with Gasteiger partial charge >= 0.3 is 7.82 Å². The molecule has 0 radical (unpaired) electrons. The zero-order valence-electron chi connectivity index (χ0n) is 32.1. The van der Waals surface area contributed by atoms with Crippen LogP contribution in [0.4, 0.5) is 4.39 Å². The number of nitrogens with zero attached hydrogens (tertiary/aromatic N) is 2. The first-order chi connectivity index (χ1) is 26.1. The molecule has 56 heavy (non-hydrogen) atoms. The number of ether oxygens (including phenoxy) is 2. The number of pyridine rings is 1. The SMILES string of the molecule is CC(C)(C)NCC(O)c1ccc(C[n+]2cccc(C3O[C@@H]4CC5C6CCC7=CC(=O)C=C[C@]7(C)[C@@]6(F)[C@@H](O)C[C@]5(C)[C@]4(C(=O)CC#N)O3)c2)c(OP(=O)(O)O)c1. The van der Waals surface area contributed by atoms with Crippen LogP contribution in [0.15, 0.2) is 66.5 Å². The van der Waals surface area contributed by atoms with Gasteiger partial charge < -0.3 is 29.5 Å². The Morgan fingerprint density at radius 1 is 1.23 bits per heavy atom. The van der Waals surface area contributed by atoms with Crippen LogP contribution in [0.1, 0.15) is 95.8 Å². The van der Waals surface area contributed by atoms with Gasteiger partial charge in [0.25, 0.3) is 0 Å². The van der Waals surface area contributed by atoms with Gasteiger partial charge in [-0.15, -0.1) is 0 Å². The van der Waals surface area contributed by atoms with Crippen LogP contribution in [0.2, 0.25) is 0 Å². The van der Waals surface area contributed by atoms with Crippen molar-refractivity contribution in [2.45, 2.75) is 115 Å². The minimum atomic E-state index is -4.98. The van der Waals surface area contributed by atoms with Crippen molar-refractivity contribution >= 4 is 19.4 Å². The number of nitriles is 1. The Bertz CT molecular complexity index is 2090. The van der Waals surface area contributed by atoms with Gasteiger partial charge in [-0.1, -0.05) is 24.6 Å². The van der Waals surface area contributed by atoms with E-state index in [2.05, 4.69) is 5.32 Å². The summed E-state index contributed by atoms with van der Waals surface area (Å²) in [6.07, 6.45) is 3.88. The molecule has 4 unspecified atom stereocenters. The molecule has 3 saturated carbocycles. The number of phosphoric ester groups is 1. The number of ketones is 2. The number of fused-ring (bicyclic) bond motifs is 7. The number of alkyl halides is 1. The standard InChI is InChI=1S/C41H49FN3O10P/c1-37(2,3)44-21-31(47)24-8-9-25(32(17-24)55-56(50,51)52)22-45-16-6-7-26(23-45)36-53-35-19-30-29-11-10-27-18-28(46)12-14-38(27,4)40(29,42)34(49)20-39(30,5)41(35,54-36)33(48)13-15-43/h6-9,12,14,16-18,23,29-31,34-36,44,47,49H,10-11,13,19-22H2,1-5H3,(H-,50,51,52)/p+1/t29?,30?,31?,34-,35+,36?,38-,39-,40-,41+/m0/s1. The average molecular weight is 795 g/mol. The highest BCUT2D eigenvalue weighted by Gasteiger charge is 2.79. The molecule has 0 spiro atoms. The van der Waals surface area contributed by atoms with Gasteiger partial charge in [0.15, 0.2) is 48.1 Å². The number of halogens is 1. The summed E-state index contributed by atoms with van der Waals surface area (Å²) < 4.78 is 49.9. The number of β-amino-alcohol motifs (C(OH)–C–C–N with tert-alkyl or cyclic N) is 1. The topological polar surface area (TPSA) is 200 Å². The summed E-state index contributed by atoms with van der Waals surface area (Å²) in [6, 6.07) is 10.1. The number of hydrogen-bond donors (Lipinski definition) is 5. The number of phosphoric acid groups is 1. The maximum atomic E-state index is 17.8. The van der Waals surface area contributed by atoms with E-state index in [-0.39, 0.29) is 43.0 Å². The predicted octanol–water partition coefficient (Wildman–Crippen LogP) is 4.53. The van der Waals surface area contributed by atoms with Crippen molar-refractivity contribution in [1.82, 2.24) is 5.32 Å². The Labute approximate surface area is 325 Å². The van der Waals surface area contributed by atoms with E-state index in [1.165, 1.54) is 18.2 Å². The second-order valence-corrected chi connectivity index (χ2v) is 18.6. The summed E-state index contributed by atoms with van der Waals surface area (Å²) in [5.41, 5.74) is -4.43. The van der Waals surface area contributed by atoms with E-state index in [4.69, 9.17) is 14.0 Å². The normalized spacial score (nSPS) is 35.4. The molecule has 7 rings (SSSR count). The van der Waals surface area contributed by atoms with Gasteiger partial charge in [-0.05, 0) is 95.2 Å². The summed E-state index contributed by atoms with van der Waals surface area (Å²) >= 11 is 0. The highest BCUT2D eigenvalue weighted by molar-refractivity contribution is 7.46. The van der Waals surface area contributed by atoms with Crippen LogP contribution in [0.25, 0.3) is 0 Å². The molecule has 15 heteroatoms. The van der Waals surface area contributed by atoms with Crippen molar-refractivity contribution in [1.29, 1.82) is 5.26 Å². The maximum Gasteiger partial charge on any atom is 0.524 e. The molecule has 2 aromatic rings. The third-order valence-corrected chi connectivity index (χ3v) is 13.5. The van der Waals surface area contributed by atoms with Gasteiger partial charge in [0.1, 0.15) is 5.75 Å². The summed E-state index contributed by atoms with van der Waals surface area (Å²) in [7, 11) is -4.98. The van der Waals surface area contributed by atoms with Gasteiger partial charge in [-0.2, -0.15) is 5.26 Å². The Morgan fingerprint density at radius 3 is 2.68 bits per heavy atom. The molecule has 2 heterocycles. The van der Waals surface area contributed by atoms with Crippen molar-refractivity contribution in [2.75, 3.05) is 6.54 Å².